The van der Waals surface area contributed by atoms with Gasteiger partial charge >= 0.3 is 6.18 Å². The zero-order valence-corrected chi connectivity index (χ0v) is 14.1. The van der Waals surface area contributed by atoms with E-state index in [1.54, 1.807) is 0 Å². The molecule has 4 nitrogen and oxygen atoms in total. The topological polar surface area (TPSA) is 54.5 Å². The largest absolute Gasteiger partial charge is 0.417 e. The molecule has 1 saturated heterocycles. The number of hydrogen-bond donors (Lipinski definition) is 0. The molecule has 22 heavy (non-hydrogen) atoms. The molecule has 0 N–H and O–H groups in total. The predicted molar refractivity (Wildman–Crippen MR) is 79.2 cm³/mol. The lowest BCUT2D eigenvalue weighted by molar-refractivity contribution is -0.138. The molecular formula is C12H10BrClF3NO3S. The third kappa shape index (κ3) is 3.94. The maximum absolute atomic E-state index is 12.9. The van der Waals surface area contributed by atoms with E-state index in [1.807, 2.05) is 0 Å². The highest BCUT2D eigenvalue weighted by Gasteiger charge is 2.38. The summed E-state index contributed by atoms with van der Waals surface area (Å²) in [5.74, 6) is -1.38. The molecule has 122 valence electrons. The number of rotatable bonds is 3. The fraction of sp³-hybridized carbons (Fsp3) is 0.417. The molecule has 1 unspecified atom stereocenters. The van der Waals surface area contributed by atoms with E-state index in [0.29, 0.717) is 0 Å². The van der Waals surface area contributed by atoms with E-state index in [2.05, 4.69) is 15.9 Å². The molecule has 1 fully saturated rings. The third-order valence-corrected chi connectivity index (χ3v) is 5.30. The Kier molecular flexibility index (Phi) is 4.79. The summed E-state index contributed by atoms with van der Waals surface area (Å²) in [4.78, 5) is 13.1. The van der Waals surface area contributed by atoms with Crippen molar-refractivity contribution in [1.29, 1.82) is 0 Å². The summed E-state index contributed by atoms with van der Waals surface area (Å²) < 4.78 is 60.5. The number of hydrogen-bond acceptors (Lipinski definition) is 3. The Morgan fingerprint density at radius 2 is 2.00 bits per heavy atom. The van der Waals surface area contributed by atoms with Gasteiger partial charge in [0, 0.05) is 29.6 Å². The van der Waals surface area contributed by atoms with Crippen LogP contribution in [0.25, 0.3) is 0 Å². The number of carbonyl (C=O) groups excluding carboxylic acids is 1. The van der Waals surface area contributed by atoms with E-state index in [-0.39, 0.29) is 23.1 Å². The maximum atomic E-state index is 12.9. The number of carbonyl (C=O) groups is 1. The van der Waals surface area contributed by atoms with Crippen LogP contribution >= 0.6 is 26.6 Å². The van der Waals surface area contributed by atoms with Crippen LogP contribution < -0.4 is 4.90 Å². The predicted octanol–water partition coefficient (Wildman–Crippen LogP) is 3.39. The molecule has 0 aliphatic carbocycles. The fourth-order valence-corrected chi connectivity index (χ4v) is 4.38. The Morgan fingerprint density at radius 1 is 1.36 bits per heavy atom. The van der Waals surface area contributed by atoms with Gasteiger partial charge in [-0.25, -0.2) is 8.42 Å². The molecule has 1 heterocycles. The highest BCUT2D eigenvalue weighted by atomic mass is 79.9. The molecule has 0 saturated carbocycles. The van der Waals surface area contributed by atoms with Crippen molar-refractivity contribution in [1.82, 2.24) is 0 Å². The summed E-state index contributed by atoms with van der Waals surface area (Å²) in [6, 6.07) is 3.46. The zero-order valence-electron chi connectivity index (χ0n) is 10.9. The van der Waals surface area contributed by atoms with E-state index in [4.69, 9.17) is 10.7 Å². The van der Waals surface area contributed by atoms with Gasteiger partial charge in [0.15, 0.2) is 0 Å². The number of amides is 1. The number of halogens is 5. The van der Waals surface area contributed by atoms with Crippen molar-refractivity contribution in [3.05, 3.63) is 28.2 Å². The van der Waals surface area contributed by atoms with Crippen molar-refractivity contribution in [3.8, 4) is 0 Å². The monoisotopic (exact) mass is 419 g/mol. The standard InChI is InChI=1S/C12H10BrClF3NO3S/c13-11-8(12(15,16)17)2-1-3-9(11)18-5-7(4-10(18)19)6-22(14,20)21/h1-3,7H,4-6H2. The van der Waals surface area contributed by atoms with Crippen molar-refractivity contribution in [2.24, 2.45) is 5.92 Å². The van der Waals surface area contributed by atoms with Crippen LogP contribution in [0.2, 0.25) is 0 Å². The normalized spacial score (nSPS) is 19.8. The first kappa shape index (κ1) is 17.6. The molecule has 1 amide bonds. The SMILES string of the molecule is O=C1CC(CS(=O)(=O)Cl)CN1c1cccc(C(F)(F)F)c1Br. The van der Waals surface area contributed by atoms with E-state index in [0.717, 1.165) is 11.0 Å². The smallest absolute Gasteiger partial charge is 0.311 e. The summed E-state index contributed by atoms with van der Waals surface area (Å²) in [5.41, 5.74) is -0.833. The van der Waals surface area contributed by atoms with E-state index < -0.39 is 38.4 Å². The lowest BCUT2D eigenvalue weighted by Gasteiger charge is -2.20. The molecule has 0 spiro atoms. The lowest BCUT2D eigenvalue weighted by Crippen LogP contribution is -2.26. The van der Waals surface area contributed by atoms with Crippen LogP contribution in [0.3, 0.4) is 0 Å². The van der Waals surface area contributed by atoms with Crippen LogP contribution in [0.5, 0.6) is 0 Å². The van der Waals surface area contributed by atoms with Crippen molar-refractivity contribution in [2.45, 2.75) is 12.6 Å². The van der Waals surface area contributed by atoms with E-state index in [9.17, 15) is 26.4 Å². The molecule has 1 aromatic carbocycles. The molecule has 10 heteroatoms. The van der Waals surface area contributed by atoms with E-state index in [1.165, 1.54) is 12.1 Å². The van der Waals surface area contributed by atoms with Gasteiger partial charge in [-0.2, -0.15) is 13.2 Å². The second-order valence-corrected chi connectivity index (χ2v) is 8.53. The van der Waals surface area contributed by atoms with Crippen LogP contribution in [-0.2, 0) is 20.0 Å². The highest BCUT2D eigenvalue weighted by molar-refractivity contribution is 9.10. The van der Waals surface area contributed by atoms with Crippen LogP contribution in [0.4, 0.5) is 18.9 Å². The molecule has 1 aliphatic rings. The molecular weight excluding hydrogens is 411 g/mol. The summed E-state index contributed by atoms with van der Waals surface area (Å²) >= 11 is 2.88. The minimum atomic E-state index is -4.56. The van der Waals surface area contributed by atoms with Gasteiger partial charge in [-0.05, 0) is 28.1 Å². The van der Waals surface area contributed by atoms with Crippen molar-refractivity contribution >= 4 is 47.3 Å². The second kappa shape index (κ2) is 6.01. The van der Waals surface area contributed by atoms with Gasteiger partial charge in [0.1, 0.15) is 0 Å². The van der Waals surface area contributed by atoms with Gasteiger partial charge in [-0.15, -0.1) is 0 Å². The average Bonchev–Trinajstić information content (AvgIpc) is 2.66. The summed E-state index contributed by atoms with van der Waals surface area (Å²) in [6.45, 7) is 0.00466. The fourth-order valence-electron chi connectivity index (χ4n) is 2.35. The Hall–Kier alpha value is -0.800. The number of nitrogens with zero attached hydrogens (tertiary/aromatic N) is 1. The Morgan fingerprint density at radius 3 is 2.55 bits per heavy atom. The van der Waals surface area contributed by atoms with E-state index >= 15 is 0 Å². The van der Waals surface area contributed by atoms with Gasteiger partial charge in [0.05, 0.1) is 21.5 Å². The average molecular weight is 421 g/mol. The van der Waals surface area contributed by atoms with Gasteiger partial charge in [-0.3, -0.25) is 4.79 Å². The second-order valence-electron chi connectivity index (χ2n) is 4.92. The van der Waals surface area contributed by atoms with Crippen molar-refractivity contribution in [3.63, 3.8) is 0 Å². The van der Waals surface area contributed by atoms with Crippen molar-refractivity contribution in [2.75, 3.05) is 17.2 Å². The molecule has 1 aliphatic heterocycles. The molecule has 2 rings (SSSR count). The summed E-state index contributed by atoms with van der Waals surface area (Å²) in [7, 11) is 1.38. The quantitative estimate of drug-likeness (QED) is 0.705. The van der Waals surface area contributed by atoms with Crippen LogP contribution in [0.15, 0.2) is 22.7 Å². The third-order valence-electron chi connectivity index (χ3n) is 3.21. The first-order valence-electron chi connectivity index (χ1n) is 6.07. The number of benzene rings is 1. The number of anilines is 1. The molecule has 1 aromatic rings. The molecule has 0 bridgehead atoms. The van der Waals surface area contributed by atoms with Gasteiger partial charge in [-0.1, -0.05) is 6.07 Å². The first-order chi connectivity index (χ1) is 9.99. The molecule has 1 atom stereocenters. The Bertz CT molecular complexity index is 708. The Balaban J connectivity index is 2.32. The molecule has 0 aromatic heterocycles. The van der Waals surface area contributed by atoms with Gasteiger partial charge in [0.25, 0.3) is 0 Å². The minimum Gasteiger partial charge on any atom is -0.311 e. The lowest BCUT2D eigenvalue weighted by atomic mass is 10.1. The maximum Gasteiger partial charge on any atom is 0.417 e. The first-order valence-corrected chi connectivity index (χ1v) is 9.34. The minimum absolute atomic E-state index is 0.00466. The Labute approximate surface area is 137 Å². The summed E-state index contributed by atoms with van der Waals surface area (Å²) in [6.07, 6.45) is -4.63. The zero-order chi connectivity index (χ0) is 16.7. The van der Waals surface area contributed by atoms with Crippen LogP contribution in [-0.4, -0.2) is 26.6 Å². The molecule has 0 radical (unpaired) electrons. The van der Waals surface area contributed by atoms with Crippen LogP contribution in [0, 0.1) is 5.92 Å². The summed E-state index contributed by atoms with van der Waals surface area (Å²) in [5, 5.41) is 0. The van der Waals surface area contributed by atoms with Crippen LogP contribution in [0.1, 0.15) is 12.0 Å². The van der Waals surface area contributed by atoms with Gasteiger partial charge in [0.2, 0.25) is 15.0 Å². The van der Waals surface area contributed by atoms with Gasteiger partial charge < -0.3 is 4.90 Å². The van der Waals surface area contributed by atoms with Crippen molar-refractivity contribution < 1.29 is 26.4 Å². The number of alkyl halides is 3. The highest BCUT2D eigenvalue weighted by Crippen LogP contribution is 2.41.